The molecule has 0 aliphatic rings. The van der Waals surface area contributed by atoms with Crippen LogP contribution in [0.5, 0.6) is 0 Å². The SMILES string of the molecule is CCCCCCCC(C)(CCCC)Nc1ccnc(C(N)=O)c1. The van der Waals surface area contributed by atoms with Crippen molar-refractivity contribution >= 4 is 11.6 Å². The van der Waals surface area contributed by atoms with Crippen LogP contribution < -0.4 is 11.1 Å². The summed E-state index contributed by atoms with van der Waals surface area (Å²) in [7, 11) is 0. The lowest BCUT2D eigenvalue weighted by atomic mass is 9.88. The highest BCUT2D eigenvalue weighted by atomic mass is 16.1. The van der Waals surface area contributed by atoms with E-state index in [0.29, 0.717) is 5.69 Å². The van der Waals surface area contributed by atoms with E-state index >= 15 is 0 Å². The van der Waals surface area contributed by atoms with Crippen molar-refractivity contribution in [2.75, 3.05) is 5.32 Å². The van der Waals surface area contributed by atoms with Crippen molar-refractivity contribution in [1.82, 2.24) is 4.98 Å². The molecule has 4 nitrogen and oxygen atoms in total. The zero-order valence-electron chi connectivity index (χ0n) is 15.0. The summed E-state index contributed by atoms with van der Waals surface area (Å²) in [6.07, 6.45) is 12.8. The van der Waals surface area contributed by atoms with E-state index < -0.39 is 5.91 Å². The van der Waals surface area contributed by atoms with Crippen LogP contribution in [0.3, 0.4) is 0 Å². The first-order chi connectivity index (χ1) is 11.0. The van der Waals surface area contributed by atoms with Gasteiger partial charge in [0.05, 0.1) is 0 Å². The molecule has 1 heterocycles. The van der Waals surface area contributed by atoms with Crippen molar-refractivity contribution in [3.8, 4) is 0 Å². The van der Waals surface area contributed by atoms with E-state index in [9.17, 15) is 4.79 Å². The maximum Gasteiger partial charge on any atom is 0.267 e. The first-order valence-corrected chi connectivity index (χ1v) is 9.05. The van der Waals surface area contributed by atoms with Crippen molar-refractivity contribution in [1.29, 1.82) is 0 Å². The molecule has 1 atom stereocenters. The van der Waals surface area contributed by atoms with Crippen molar-refractivity contribution in [3.05, 3.63) is 24.0 Å². The molecule has 1 unspecified atom stereocenters. The Morgan fingerprint density at radius 1 is 1.13 bits per heavy atom. The monoisotopic (exact) mass is 319 g/mol. The fourth-order valence-corrected chi connectivity index (χ4v) is 2.93. The second-order valence-corrected chi connectivity index (χ2v) is 6.75. The largest absolute Gasteiger partial charge is 0.380 e. The third-order valence-corrected chi connectivity index (χ3v) is 4.37. The minimum absolute atomic E-state index is 0.0541. The van der Waals surface area contributed by atoms with Crippen LogP contribution in [0.25, 0.3) is 0 Å². The van der Waals surface area contributed by atoms with Gasteiger partial charge in [0, 0.05) is 17.4 Å². The maximum atomic E-state index is 11.3. The molecule has 0 aromatic carbocycles. The normalized spacial score (nSPS) is 13.5. The predicted molar refractivity (Wildman–Crippen MR) is 97.7 cm³/mol. The number of rotatable bonds is 12. The van der Waals surface area contributed by atoms with Crippen LogP contribution in [-0.4, -0.2) is 16.4 Å². The summed E-state index contributed by atoms with van der Waals surface area (Å²) in [5.41, 5.74) is 6.63. The van der Waals surface area contributed by atoms with Gasteiger partial charge in [-0.2, -0.15) is 0 Å². The van der Waals surface area contributed by atoms with Crippen molar-refractivity contribution in [3.63, 3.8) is 0 Å². The fourth-order valence-electron chi connectivity index (χ4n) is 2.93. The summed E-state index contributed by atoms with van der Waals surface area (Å²) >= 11 is 0. The van der Waals surface area contributed by atoms with E-state index in [1.165, 1.54) is 44.9 Å². The number of carbonyl (C=O) groups is 1. The summed E-state index contributed by atoms with van der Waals surface area (Å²) in [6, 6.07) is 3.66. The van der Waals surface area contributed by atoms with Gasteiger partial charge in [0.25, 0.3) is 5.91 Å². The standard InChI is InChI=1S/C19H33N3O/c1-4-6-8-9-10-13-19(3,12-7-5-2)22-16-11-14-21-17(15-16)18(20)23/h11,14-15H,4-10,12-13H2,1-3H3,(H2,20,23)(H,21,22). The average molecular weight is 319 g/mol. The van der Waals surface area contributed by atoms with E-state index in [4.69, 9.17) is 5.73 Å². The number of hydrogen-bond acceptors (Lipinski definition) is 3. The first kappa shape index (κ1) is 19.5. The third-order valence-electron chi connectivity index (χ3n) is 4.37. The average Bonchev–Trinajstić information content (AvgIpc) is 2.53. The van der Waals surface area contributed by atoms with Gasteiger partial charge >= 0.3 is 0 Å². The Labute approximate surface area is 141 Å². The molecule has 1 amide bonds. The molecule has 130 valence electrons. The van der Waals surface area contributed by atoms with Crippen molar-refractivity contribution in [2.24, 2.45) is 5.73 Å². The molecule has 1 aromatic rings. The second-order valence-electron chi connectivity index (χ2n) is 6.75. The van der Waals surface area contributed by atoms with E-state index in [0.717, 1.165) is 18.5 Å². The smallest absolute Gasteiger partial charge is 0.267 e. The van der Waals surface area contributed by atoms with Gasteiger partial charge in [-0.15, -0.1) is 0 Å². The number of carbonyl (C=O) groups excluding carboxylic acids is 1. The predicted octanol–water partition coefficient (Wildman–Crippen LogP) is 4.90. The molecule has 4 heteroatoms. The second kappa shape index (κ2) is 10.2. The van der Waals surface area contributed by atoms with Crippen molar-refractivity contribution in [2.45, 2.75) is 84.1 Å². The minimum Gasteiger partial charge on any atom is -0.380 e. The molecule has 23 heavy (non-hydrogen) atoms. The lowest BCUT2D eigenvalue weighted by molar-refractivity contribution is 0.0995. The van der Waals surface area contributed by atoms with E-state index in [2.05, 4.69) is 31.1 Å². The van der Waals surface area contributed by atoms with Crippen LogP contribution in [0.4, 0.5) is 5.69 Å². The van der Waals surface area contributed by atoms with Crippen LogP contribution in [0.15, 0.2) is 18.3 Å². The van der Waals surface area contributed by atoms with Crippen LogP contribution in [0, 0.1) is 0 Å². The summed E-state index contributed by atoms with van der Waals surface area (Å²) in [4.78, 5) is 15.3. The number of hydrogen-bond donors (Lipinski definition) is 2. The first-order valence-electron chi connectivity index (χ1n) is 9.05. The molecule has 0 saturated carbocycles. The lowest BCUT2D eigenvalue weighted by Gasteiger charge is -2.32. The molecular formula is C19H33N3O. The Kier molecular flexibility index (Phi) is 8.67. The summed E-state index contributed by atoms with van der Waals surface area (Å²) in [5.74, 6) is -0.483. The van der Waals surface area contributed by atoms with E-state index in [-0.39, 0.29) is 5.54 Å². The van der Waals surface area contributed by atoms with E-state index in [1.54, 1.807) is 12.3 Å². The Bertz CT molecular complexity index is 475. The summed E-state index contributed by atoms with van der Waals surface area (Å²) < 4.78 is 0. The Morgan fingerprint density at radius 3 is 2.43 bits per heavy atom. The Hall–Kier alpha value is -1.58. The molecule has 0 aliphatic heterocycles. The van der Waals surface area contributed by atoms with Gasteiger partial charge in [-0.3, -0.25) is 9.78 Å². The van der Waals surface area contributed by atoms with Gasteiger partial charge in [-0.1, -0.05) is 58.8 Å². The zero-order valence-corrected chi connectivity index (χ0v) is 15.0. The van der Waals surface area contributed by atoms with E-state index in [1.807, 2.05) is 6.07 Å². The topological polar surface area (TPSA) is 68.0 Å². The number of anilines is 1. The van der Waals surface area contributed by atoms with Crippen LogP contribution in [0.2, 0.25) is 0 Å². The number of aromatic nitrogens is 1. The number of nitrogens with one attached hydrogen (secondary N) is 1. The van der Waals surface area contributed by atoms with Crippen LogP contribution in [0.1, 0.15) is 89.0 Å². The van der Waals surface area contributed by atoms with Gasteiger partial charge in [-0.05, 0) is 31.9 Å². The van der Waals surface area contributed by atoms with Gasteiger partial charge in [0.1, 0.15) is 5.69 Å². The van der Waals surface area contributed by atoms with Gasteiger partial charge in [0.2, 0.25) is 0 Å². The molecule has 0 aliphatic carbocycles. The Balaban J connectivity index is 2.68. The molecule has 0 spiro atoms. The highest BCUT2D eigenvalue weighted by Crippen LogP contribution is 2.27. The van der Waals surface area contributed by atoms with Crippen LogP contribution >= 0.6 is 0 Å². The zero-order chi connectivity index (χ0) is 17.1. The quantitative estimate of drug-likeness (QED) is 0.538. The van der Waals surface area contributed by atoms with Gasteiger partial charge in [0.15, 0.2) is 0 Å². The number of nitrogens with two attached hydrogens (primary N) is 1. The highest BCUT2D eigenvalue weighted by Gasteiger charge is 2.23. The highest BCUT2D eigenvalue weighted by molar-refractivity contribution is 5.91. The Morgan fingerprint density at radius 2 is 1.78 bits per heavy atom. The fraction of sp³-hybridized carbons (Fsp3) is 0.684. The van der Waals surface area contributed by atoms with Crippen molar-refractivity contribution < 1.29 is 4.79 Å². The molecule has 1 aromatic heterocycles. The van der Waals surface area contributed by atoms with Gasteiger partial charge < -0.3 is 11.1 Å². The molecule has 0 radical (unpaired) electrons. The summed E-state index contributed by atoms with van der Waals surface area (Å²) in [6.45, 7) is 6.75. The third kappa shape index (κ3) is 7.49. The van der Waals surface area contributed by atoms with Gasteiger partial charge in [-0.25, -0.2) is 0 Å². The molecule has 0 bridgehead atoms. The molecule has 1 rings (SSSR count). The minimum atomic E-state index is -0.483. The number of primary amides is 1. The molecule has 0 fully saturated rings. The number of amides is 1. The number of pyridine rings is 1. The number of unbranched alkanes of at least 4 members (excludes halogenated alkanes) is 5. The number of nitrogens with zero attached hydrogens (tertiary/aromatic N) is 1. The maximum absolute atomic E-state index is 11.3. The summed E-state index contributed by atoms with van der Waals surface area (Å²) in [5, 5.41) is 3.63. The molecular weight excluding hydrogens is 286 g/mol. The lowest BCUT2D eigenvalue weighted by Crippen LogP contribution is -2.35. The van der Waals surface area contributed by atoms with Crippen LogP contribution in [-0.2, 0) is 0 Å². The molecule has 0 saturated heterocycles. The molecule has 3 N–H and O–H groups in total.